The van der Waals surface area contributed by atoms with Crippen LogP contribution in [-0.4, -0.2) is 52.3 Å². The molecule has 1 aromatic carbocycles. The lowest BCUT2D eigenvalue weighted by atomic mass is 9.77. The van der Waals surface area contributed by atoms with Crippen molar-refractivity contribution in [3.8, 4) is 0 Å². The van der Waals surface area contributed by atoms with Crippen LogP contribution in [0.4, 0.5) is 0 Å². The van der Waals surface area contributed by atoms with E-state index in [1.165, 1.54) is 0 Å². The van der Waals surface area contributed by atoms with Crippen LogP contribution in [-0.2, 0) is 22.6 Å². The minimum Gasteiger partial charge on any atom is -0.478 e. The highest BCUT2D eigenvalue weighted by atomic mass is 16.4. The quantitative estimate of drug-likeness (QED) is 0.869. The smallest absolute Gasteiger partial charge is 0.335 e. The molecule has 0 spiro atoms. The number of benzene rings is 1. The summed E-state index contributed by atoms with van der Waals surface area (Å²) in [4.78, 5) is 41.4. The van der Waals surface area contributed by atoms with Gasteiger partial charge in [-0.05, 0) is 55.4 Å². The molecule has 0 radical (unpaired) electrons. The van der Waals surface area contributed by atoms with Crippen LogP contribution < -0.4 is 0 Å². The molecule has 6 heteroatoms. The number of carbonyl (C=O) groups excluding carboxylic acids is 2. The predicted octanol–water partition coefficient (Wildman–Crippen LogP) is 2.70. The van der Waals surface area contributed by atoms with Crippen molar-refractivity contribution in [2.24, 2.45) is 11.8 Å². The van der Waals surface area contributed by atoms with Gasteiger partial charge in [0, 0.05) is 38.0 Å². The van der Waals surface area contributed by atoms with Crippen LogP contribution in [0, 0.1) is 11.8 Å². The molecule has 2 heterocycles. The first-order valence-electron chi connectivity index (χ1n) is 10.5. The van der Waals surface area contributed by atoms with Crippen molar-refractivity contribution in [1.82, 2.24) is 9.80 Å². The maximum absolute atomic E-state index is 13.4. The van der Waals surface area contributed by atoms with Crippen LogP contribution in [0.1, 0.15) is 60.0 Å². The number of aromatic carboxylic acids is 1. The molecule has 2 aliphatic heterocycles. The second kappa shape index (κ2) is 7.94. The lowest BCUT2D eigenvalue weighted by Crippen LogP contribution is -2.47. The lowest BCUT2D eigenvalue weighted by molar-refractivity contribution is -0.148. The van der Waals surface area contributed by atoms with Crippen molar-refractivity contribution in [1.29, 1.82) is 0 Å². The molecule has 1 aromatic rings. The molecule has 1 saturated carbocycles. The van der Waals surface area contributed by atoms with E-state index in [2.05, 4.69) is 0 Å². The molecule has 2 fully saturated rings. The van der Waals surface area contributed by atoms with E-state index in [1.54, 1.807) is 12.1 Å². The third-order valence-electron chi connectivity index (χ3n) is 6.60. The summed E-state index contributed by atoms with van der Waals surface area (Å²) >= 11 is 0. The second-order valence-corrected chi connectivity index (χ2v) is 8.33. The highest BCUT2D eigenvalue weighted by molar-refractivity contribution is 5.89. The molecular formula is C22H28N2O4. The molecule has 4 rings (SSSR count). The number of carboxylic acids is 1. The predicted molar refractivity (Wildman–Crippen MR) is 104 cm³/mol. The first-order chi connectivity index (χ1) is 13.5. The van der Waals surface area contributed by atoms with E-state index in [9.17, 15) is 19.5 Å². The van der Waals surface area contributed by atoms with Gasteiger partial charge in [-0.3, -0.25) is 9.59 Å². The van der Waals surface area contributed by atoms with E-state index in [4.69, 9.17) is 0 Å². The molecule has 0 aromatic heterocycles. The van der Waals surface area contributed by atoms with Gasteiger partial charge in [0.2, 0.25) is 11.8 Å². The first-order valence-corrected chi connectivity index (χ1v) is 10.5. The molecule has 2 unspecified atom stereocenters. The van der Waals surface area contributed by atoms with Gasteiger partial charge in [-0.1, -0.05) is 18.9 Å². The zero-order chi connectivity index (χ0) is 19.7. The Balaban J connectivity index is 1.50. The number of amides is 2. The van der Waals surface area contributed by atoms with E-state index in [1.807, 2.05) is 15.9 Å². The van der Waals surface area contributed by atoms with Crippen molar-refractivity contribution >= 4 is 17.8 Å². The number of carbonyl (C=O) groups is 3. The Hall–Kier alpha value is -2.37. The lowest BCUT2D eigenvalue weighted by Gasteiger charge is -2.37. The largest absolute Gasteiger partial charge is 0.478 e. The van der Waals surface area contributed by atoms with Crippen LogP contribution in [0.5, 0.6) is 0 Å². The van der Waals surface area contributed by atoms with Crippen molar-refractivity contribution in [3.05, 3.63) is 34.9 Å². The maximum Gasteiger partial charge on any atom is 0.335 e. The third kappa shape index (κ3) is 3.64. The summed E-state index contributed by atoms with van der Waals surface area (Å²) in [6, 6.07) is 5.18. The summed E-state index contributed by atoms with van der Waals surface area (Å²) in [5, 5.41) is 9.24. The fourth-order valence-corrected chi connectivity index (χ4v) is 5.01. The Bertz CT molecular complexity index is 785. The highest BCUT2D eigenvalue weighted by Crippen LogP contribution is 2.35. The molecule has 6 nitrogen and oxygen atoms in total. The van der Waals surface area contributed by atoms with E-state index in [-0.39, 0.29) is 29.2 Å². The number of likely N-dealkylation sites (tertiary alicyclic amines) is 1. The number of hydrogen-bond acceptors (Lipinski definition) is 3. The Labute approximate surface area is 165 Å². The normalized spacial score (nSPS) is 24.7. The Morgan fingerprint density at radius 2 is 1.46 bits per heavy atom. The monoisotopic (exact) mass is 384 g/mol. The molecule has 1 aliphatic carbocycles. The van der Waals surface area contributed by atoms with E-state index < -0.39 is 5.97 Å². The van der Waals surface area contributed by atoms with E-state index >= 15 is 0 Å². The molecule has 3 aliphatic rings. The Kier molecular flexibility index (Phi) is 5.38. The summed E-state index contributed by atoms with van der Waals surface area (Å²) in [6.07, 6.45) is 6.45. The summed E-state index contributed by atoms with van der Waals surface area (Å²) in [5.41, 5.74) is 2.29. The van der Waals surface area contributed by atoms with Crippen molar-refractivity contribution < 1.29 is 19.5 Å². The number of hydrogen-bond donors (Lipinski definition) is 1. The highest BCUT2D eigenvalue weighted by Gasteiger charge is 2.40. The molecule has 2 amide bonds. The van der Waals surface area contributed by atoms with Crippen molar-refractivity contribution in [2.45, 2.75) is 51.5 Å². The van der Waals surface area contributed by atoms with Gasteiger partial charge >= 0.3 is 5.97 Å². The standard InChI is InChI=1S/C22H28N2O4/c25-20(23-10-3-4-11-23)18-5-1-2-6-19(18)21(26)24-12-9-15-7-8-16(22(27)28)13-17(15)14-24/h7-8,13,18-19H,1-6,9-12,14H2,(H,27,28). The Morgan fingerprint density at radius 1 is 0.821 bits per heavy atom. The topological polar surface area (TPSA) is 77.9 Å². The van der Waals surface area contributed by atoms with Crippen LogP contribution in [0.25, 0.3) is 0 Å². The zero-order valence-electron chi connectivity index (χ0n) is 16.2. The molecule has 1 saturated heterocycles. The van der Waals surface area contributed by atoms with Crippen LogP contribution in [0.2, 0.25) is 0 Å². The number of nitrogens with zero attached hydrogens (tertiary/aromatic N) is 2. The molecular weight excluding hydrogens is 356 g/mol. The Morgan fingerprint density at radius 3 is 2.11 bits per heavy atom. The molecule has 1 N–H and O–H groups in total. The fraction of sp³-hybridized carbons (Fsp3) is 0.591. The van der Waals surface area contributed by atoms with Gasteiger partial charge in [-0.2, -0.15) is 0 Å². The molecule has 0 bridgehead atoms. The molecule has 150 valence electrons. The van der Waals surface area contributed by atoms with Gasteiger partial charge in [0.1, 0.15) is 0 Å². The minimum atomic E-state index is -0.949. The van der Waals surface area contributed by atoms with Crippen LogP contribution in [0.15, 0.2) is 18.2 Å². The van der Waals surface area contributed by atoms with Gasteiger partial charge in [0.05, 0.1) is 5.56 Å². The fourth-order valence-electron chi connectivity index (χ4n) is 5.01. The number of carboxylic acid groups (broad SMARTS) is 1. The van der Waals surface area contributed by atoms with Gasteiger partial charge < -0.3 is 14.9 Å². The van der Waals surface area contributed by atoms with Gasteiger partial charge in [-0.15, -0.1) is 0 Å². The van der Waals surface area contributed by atoms with Crippen LogP contribution in [0.3, 0.4) is 0 Å². The zero-order valence-corrected chi connectivity index (χ0v) is 16.2. The van der Waals surface area contributed by atoms with E-state index in [0.29, 0.717) is 13.1 Å². The van der Waals surface area contributed by atoms with Gasteiger partial charge in [-0.25, -0.2) is 4.79 Å². The summed E-state index contributed by atoms with van der Waals surface area (Å²) < 4.78 is 0. The summed E-state index contributed by atoms with van der Waals surface area (Å²) in [5.74, 6) is -1.13. The van der Waals surface area contributed by atoms with Gasteiger partial charge in [0.25, 0.3) is 0 Å². The van der Waals surface area contributed by atoms with Gasteiger partial charge in [0.15, 0.2) is 0 Å². The average Bonchev–Trinajstić information content (AvgIpc) is 3.26. The average molecular weight is 384 g/mol. The maximum atomic E-state index is 13.4. The number of fused-ring (bicyclic) bond motifs is 1. The van der Waals surface area contributed by atoms with Crippen molar-refractivity contribution in [2.75, 3.05) is 19.6 Å². The van der Waals surface area contributed by atoms with Crippen molar-refractivity contribution in [3.63, 3.8) is 0 Å². The van der Waals surface area contributed by atoms with E-state index in [0.717, 1.165) is 69.2 Å². The minimum absolute atomic E-state index is 0.0728. The number of rotatable bonds is 3. The van der Waals surface area contributed by atoms with Crippen LogP contribution >= 0.6 is 0 Å². The molecule has 2 atom stereocenters. The third-order valence-corrected chi connectivity index (χ3v) is 6.60. The summed E-state index contributed by atoms with van der Waals surface area (Å²) in [7, 11) is 0. The first kappa shape index (κ1) is 19.0. The SMILES string of the molecule is O=C(O)c1ccc2c(c1)CN(C(=O)C1CCCCC1C(=O)N1CCCC1)CC2. The molecule has 28 heavy (non-hydrogen) atoms. The summed E-state index contributed by atoms with van der Waals surface area (Å²) in [6.45, 7) is 2.73. The second-order valence-electron chi connectivity index (χ2n) is 8.33.